The average molecular weight is 242 g/mol. The molecule has 1 aromatic carbocycles. The van der Waals surface area contributed by atoms with E-state index in [9.17, 15) is 18.0 Å². The van der Waals surface area contributed by atoms with Gasteiger partial charge in [-0.3, -0.25) is 4.79 Å². The molecule has 92 valence electrons. The Morgan fingerprint density at radius 3 is 2.18 bits per heavy atom. The van der Waals surface area contributed by atoms with Crippen LogP contribution in [-0.4, -0.2) is 5.78 Å². The summed E-state index contributed by atoms with van der Waals surface area (Å²) in [5.41, 5.74) is -0.342. The lowest BCUT2D eigenvalue weighted by atomic mass is 9.94. The molecule has 0 amide bonds. The van der Waals surface area contributed by atoms with Crippen LogP contribution in [0.25, 0.3) is 0 Å². The van der Waals surface area contributed by atoms with Gasteiger partial charge in [-0.25, -0.2) is 0 Å². The molecular weight excluding hydrogens is 229 g/mol. The fourth-order valence-electron chi connectivity index (χ4n) is 1.90. The molecule has 1 fully saturated rings. The van der Waals surface area contributed by atoms with Crippen LogP contribution in [0.5, 0.6) is 0 Å². The molecule has 0 bridgehead atoms. The normalized spacial score (nSPS) is 17.9. The number of ketones is 1. The van der Waals surface area contributed by atoms with Crippen molar-refractivity contribution in [1.29, 1.82) is 0 Å². The van der Waals surface area contributed by atoms with Crippen LogP contribution in [0.2, 0.25) is 0 Å². The van der Waals surface area contributed by atoms with E-state index in [1.165, 1.54) is 12.1 Å². The second kappa shape index (κ2) is 4.17. The van der Waals surface area contributed by atoms with Crippen molar-refractivity contribution in [2.45, 2.75) is 25.9 Å². The topological polar surface area (TPSA) is 17.1 Å². The van der Waals surface area contributed by atoms with E-state index in [2.05, 4.69) is 0 Å². The highest BCUT2D eigenvalue weighted by atomic mass is 19.4. The molecular formula is C13H13F3O. The highest BCUT2D eigenvalue weighted by Crippen LogP contribution is 2.38. The number of hydrogen-bond donors (Lipinski definition) is 0. The summed E-state index contributed by atoms with van der Waals surface area (Å²) in [4.78, 5) is 11.9. The lowest BCUT2D eigenvalue weighted by Crippen LogP contribution is -2.13. The molecule has 17 heavy (non-hydrogen) atoms. The molecule has 1 aliphatic carbocycles. The number of hydrogen-bond acceptors (Lipinski definition) is 1. The second-order valence-electron chi connectivity index (χ2n) is 4.57. The van der Waals surface area contributed by atoms with Crippen molar-refractivity contribution in [3.8, 4) is 0 Å². The molecule has 1 nitrogen and oxygen atoms in total. The number of carbonyl (C=O) groups excluding carboxylic acids is 1. The lowest BCUT2D eigenvalue weighted by molar-refractivity contribution is -0.137. The maximum absolute atomic E-state index is 12.3. The molecule has 1 saturated carbocycles. The number of carbonyl (C=O) groups is 1. The van der Waals surface area contributed by atoms with Crippen LogP contribution in [0.3, 0.4) is 0 Å². The highest BCUT2D eigenvalue weighted by molar-refractivity contribution is 5.98. The Morgan fingerprint density at radius 2 is 1.76 bits per heavy atom. The molecule has 0 saturated heterocycles. The van der Waals surface area contributed by atoms with E-state index < -0.39 is 11.7 Å². The Hall–Kier alpha value is -1.32. The van der Waals surface area contributed by atoms with Crippen LogP contribution >= 0.6 is 0 Å². The summed E-state index contributed by atoms with van der Waals surface area (Å²) >= 11 is 0. The van der Waals surface area contributed by atoms with E-state index in [4.69, 9.17) is 0 Å². The largest absolute Gasteiger partial charge is 0.416 e. The first-order valence-electron chi connectivity index (χ1n) is 5.61. The van der Waals surface area contributed by atoms with Crippen molar-refractivity contribution < 1.29 is 18.0 Å². The van der Waals surface area contributed by atoms with Crippen molar-refractivity contribution in [2.75, 3.05) is 0 Å². The maximum atomic E-state index is 12.3. The first-order chi connectivity index (χ1) is 7.89. The van der Waals surface area contributed by atoms with Gasteiger partial charge in [0.1, 0.15) is 0 Å². The summed E-state index contributed by atoms with van der Waals surface area (Å²) in [5.74, 6) is 0.290. The van der Waals surface area contributed by atoms with Crippen LogP contribution in [0.1, 0.15) is 35.7 Å². The summed E-state index contributed by atoms with van der Waals surface area (Å²) in [6.45, 7) is 1.84. The molecule has 0 spiro atoms. The summed E-state index contributed by atoms with van der Waals surface area (Å²) in [5, 5.41) is 0. The predicted octanol–water partition coefficient (Wildman–Crippen LogP) is 3.93. The van der Waals surface area contributed by atoms with Gasteiger partial charge in [0.2, 0.25) is 0 Å². The van der Waals surface area contributed by atoms with E-state index in [0.29, 0.717) is 11.5 Å². The molecule has 1 aliphatic rings. The van der Waals surface area contributed by atoms with Crippen LogP contribution < -0.4 is 0 Å². The summed E-state index contributed by atoms with van der Waals surface area (Å²) < 4.78 is 37.0. The third-order valence-electron chi connectivity index (χ3n) is 3.24. The molecule has 0 aromatic heterocycles. The zero-order valence-corrected chi connectivity index (χ0v) is 9.42. The number of benzene rings is 1. The van der Waals surface area contributed by atoms with Gasteiger partial charge in [-0.15, -0.1) is 0 Å². The molecule has 0 aliphatic heterocycles. The van der Waals surface area contributed by atoms with Gasteiger partial charge >= 0.3 is 6.18 Å². The number of Topliss-reactive ketones (excluding diaryl/α,β-unsaturated/α-hetero) is 1. The Balaban J connectivity index is 2.14. The van der Waals surface area contributed by atoms with Crippen LogP contribution in [0, 0.1) is 11.8 Å². The number of alkyl halides is 3. The monoisotopic (exact) mass is 242 g/mol. The number of rotatable bonds is 3. The van der Waals surface area contributed by atoms with Gasteiger partial charge in [0.25, 0.3) is 0 Å². The summed E-state index contributed by atoms with van der Waals surface area (Å²) in [6, 6.07) is 4.47. The van der Waals surface area contributed by atoms with Gasteiger partial charge in [0.15, 0.2) is 5.78 Å². The Kier molecular flexibility index (Phi) is 2.98. The van der Waals surface area contributed by atoms with Crippen molar-refractivity contribution >= 4 is 5.78 Å². The molecule has 4 heteroatoms. The molecule has 0 radical (unpaired) electrons. The van der Waals surface area contributed by atoms with Crippen molar-refractivity contribution in [3.63, 3.8) is 0 Å². The van der Waals surface area contributed by atoms with Gasteiger partial charge in [-0.1, -0.05) is 19.1 Å². The van der Waals surface area contributed by atoms with E-state index >= 15 is 0 Å². The highest BCUT2D eigenvalue weighted by Gasteiger charge is 2.34. The standard InChI is InChI=1S/C13H13F3O/c1-8(9-2-3-9)12(17)10-4-6-11(7-5-10)13(14,15)16/h4-9H,2-3H2,1H3/t8-/m1/s1. The van der Waals surface area contributed by atoms with Crippen molar-refractivity contribution in [3.05, 3.63) is 35.4 Å². The molecule has 1 aromatic rings. The van der Waals surface area contributed by atoms with Crippen LogP contribution in [-0.2, 0) is 6.18 Å². The van der Waals surface area contributed by atoms with Gasteiger partial charge in [0, 0.05) is 11.5 Å². The first kappa shape index (κ1) is 12.1. The zero-order chi connectivity index (χ0) is 12.6. The minimum absolute atomic E-state index is 0.0544. The van der Waals surface area contributed by atoms with E-state index in [1.54, 1.807) is 0 Å². The molecule has 2 rings (SSSR count). The van der Waals surface area contributed by atoms with Gasteiger partial charge < -0.3 is 0 Å². The quantitative estimate of drug-likeness (QED) is 0.734. The van der Waals surface area contributed by atoms with Gasteiger partial charge in [-0.05, 0) is 30.9 Å². The smallest absolute Gasteiger partial charge is 0.294 e. The van der Waals surface area contributed by atoms with Crippen molar-refractivity contribution in [1.82, 2.24) is 0 Å². The lowest BCUT2D eigenvalue weighted by Gasteiger charge is -2.10. The fraction of sp³-hybridized carbons (Fsp3) is 0.462. The first-order valence-corrected chi connectivity index (χ1v) is 5.61. The Morgan fingerprint density at radius 1 is 1.24 bits per heavy atom. The average Bonchev–Trinajstić information content (AvgIpc) is 3.10. The number of halogens is 3. The summed E-state index contributed by atoms with van der Waals surface area (Å²) in [6.07, 6.45) is -2.25. The minimum Gasteiger partial charge on any atom is -0.294 e. The Bertz CT molecular complexity index is 415. The summed E-state index contributed by atoms with van der Waals surface area (Å²) in [7, 11) is 0. The second-order valence-corrected chi connectivity index (χ2v) is 4.57. The third kappa shape index (κ3) is 2.68. The van der Waals surface area contributed by atoms with Crippen LogP contribution in [0.15, 0.2) is 24.3 Å². The van der Waals surface area contributed by atoms with Gasteiger partial charge in [-0.2, -0.15) is 13.2 Å². The molecule has 1 atom stereocenters. The third-order valence-corrected chi connectivity index (χ3v) is 3.24. The molecule has 0 heterocycles. The van der Waals surface area contributed by atoms with E-state index in [0.717, 1.165) is 25.0 Å². The van der Waals surface area contributed by atoms with Crippen molar-refractivity contribution in [2.24, 2.45) is 11.8 Å². The maximum Gasteiger partial charge on any atom is 0.416 e. The fourth-order valence-corrected chi connectivity index (χ4v) is 1.90. The van der Waals surface area contributed by atoms with Crippen LogP contribution in [0.4, 0.5) is 13.2 Å². The Labute approximate surface area is 97.6 Å². The van der Waals surface area contributed by atoms with Gasteiger partial charge in [0.05, 0.1) is 5.56 Å². The molecule has 0 N–H and O–H groups in total. The van der Waals surface area contributed by atoms with E-state index in [-0.39, 0.29) is 11.7 Å². The van der Waals surface area contributed by atoms with E-state index in [1.807, 2.05) is 6.92 Å². The molecule has 0 unspecified atom stereocenters. The zero-order valence-electron chi connectivity index (χ0n) is 9.42. The minimum atomic E-state index is -4.34. The SMILES string of the molecule is C[C@@H](C(=O)c1ccc(C(F)(F)F)cc1)C1CC1. The predicted molar refractivity (Wildman–Crippen MR) is 57.7 cm³/mol.